The van der Waals surface area contributed by atoms with E-state index in [1.54, 1.807) is 36.4 Å². The van der Waals surface area contributed by atoms with Crippen molar-refractivity contribution in [2.24, 2.45) is 0 Å². The van der Waals surface area contributed by atoms with Crippen molar-refractivity contribution in [2.45, 2.75) is 5.16 Å². The average Bonchev–Trinajstić information content (AvgIpc) is 3.20. The van der Waals surface area contributed by atoms with Crippen LogP contribution in [0.4, 0.5) is 5.69 Å². The van der Waals surface area contributed by atoms with Gasteiger partial charge in [-0.3, -0.25) is 9.59 Å². The SMILES string of the molecule is O=C(CSc1nc2ccccc2[nH]1)Nc1ccc(C(=O)/C=C/c2ccccc2)cc1. The number of allylic oxidation sites excluding steroid dienone is 1. The van der Waals surface area contributed by atoms with Gasteiger partial charge in [0.15, 0.2) is 10.9 Å². The van der Waals surface area contributed by atoms with Crippen LogP contribution < -0.4 is 5.32 Å². The fourth-order valence-electron chi connectivity index (χ4n) is 2.88. The molecule has 3 aromatic carbocycles. The summed E-state index contributed by atoms with van der Waals surface area (Å²) in [6, 6.07) is 24.3. The molecule has 0 aliphatic carbocycles. The number of thioether (sulfide) groups is 1. The van der Waals surface area contributed by atoms with Crippen LogP contribution >= 0.6 is 11.8 Å². The smallest absolute Gasteiger partial charge is 0.234 e. The van der Waals surface area contributed by atoms with Crippen molar-refractivity contribution < 1.29 is 9.59 Å². The molecule has 0 aliphatic rings. The van der Waals surface area contributed by atoms with Gasteiger partial charge in [0.2, 0.25) is 5.91 Å². The lowest BCUT2D eigenvalue weighted by Gasteiger charge is -2.05. The summed E-state index contributed by atoms with van der Waals surface area (Å²) < 4.78 is 0. The Morgan fingerprint density at radius 3 is 2.43 bits per heavy atom. The molecule has 0 saturated heterocycles. The second-order valence-electron chi connectivity index (χ2n) is 6.58. The van der Waals surface area contributed by atoms with E-state index in [-0.39, 0.29) is 17.4 Å². The van der Waals surface area contributed by atoms with Gasteiger partial charge in [-0.2, -0.15) is 0 Å². The van der Waals surface area contributed by atoms with Gasteiger partial charge < -0.3 is 10.3 Å². The Labute approximate surface area is 178 Å². The van der Waals surface area contributed by atoms with Crippen molar-refractivity contribution in [2.75, 3.05) is 11.1 Å². The fraction of sp³-hybridized carbons (Fsp3) is 0.0417. The number of hydrogen-bond acceptors (Lipinski definition) is 4. The Morgan fingerprint density at radius 1 is 0.933 bits per heavy atom. The molecule has 0 atom stereocenters. The number of para-hydroxylation sites is 2. The molecular weight excluding hydrogens is 394 g/mol. The molecule has 0 fully saturated rings. The minimum absolute atomic E-state index is 0.0860. The molecule has 1 heterocycles. The Bertz CT molecular complexity index is 1170. The van der Waals surface area contributed by atoms with Crippen LogP contribution in [0.2, 0.25) is 0 Å². The lowest BCUT2D eigenvalue weighted by atomic mass is 10.1. The Morgan fingerprint density at radius 2 is 1.67 bits per heavy atom. The number of rotatable bonds is 7. The summed E-state index contributed by atoms with van der Waals surface area (Å²) in [6.45, 7) is 0. The third-order valence-corrected chi connectivity index (χ3v) is 5.26. The maximum Gasteiger partial charge on any atom is 0.234 e. The average molecular weight is 414 g/mol. The Hall–Kier alpha value is -3.64. The van der Waals surface area contributed by atoms with Gasteiger partial charge in [-0.05, 0) is 48.0 Å². The summed E-state index contributed by atoms with van der Waals surface area (Å²) in [5.74, 6) is 0.0148. The number of amides is 1. The van der Waals surface area contributed by atoms with Crippen LogP contribution in [-0.4, -0.2) is 27.4 Å². The van der Waals surface area contributed by atoms with Gasteiger partial charge in [0.1, 0.15) is 0 Å². The van der Waals surface area contributed by atoms with Crippen molar-refractivity contribution in [1.29, 1.82) is 0 Å². The largest absolute Gasteiger partial charge is 0.333 e. The first-order valence-corrected chi connectivity index (χ1v) is 10.4. The van der Waals surface area contributed by atoms with Gasteiger partial charge >= 0.3 is 0 Å². The van der Waals surface area contributed by atoms with Crippen molar-refractivity contribution in [3.05, 3.63) is 96.1 Å². The van der Waals surface area contributed by atoms with Crippen molar-refractivity contribution >= 4 is 46.2 Å². The molecule has 148 valence electrons. The molecule has 1 aromatic heterocycles. The highest BCUT2D eigenvalue weighted by molar-refractivity contribution is 7.99. The molecule has 30 heavy (non-hydrogen) atoms. The maximum atomic E-state index is 12.3. The second kappa shape index (κ2) is 9.24. The number of aromatic nitrogens is 2. The minimum atomic E-state index is -0.136. The summed E-state index contributed by atoms with van der Waals surface area (Å²) in [5.41, 5.74) is 4.01. The molecule has 0 aliphatic heterocycles. The number of benzene rings is 3. The molecule has 0 spiro atoms. The molecule has 0 bridgehead atoms. The van der Waals surface area contributed by atoms with Crippen LogP contribution in [0.25, 0.3) is 17.1 Å². The lowest BCUT2D eigenvalue weighted by Crippen LogP contribution is -2.14. The van der Waals surface area contributed by atoms with Crippen LogP contribution in [0.3, 0.4) is 0 Å². The van der Waals surface area contributed by atoms with Gasteiger partial charge in [0, 0.05) is 11.3 Å². The van der Waals surface area contributed by atoms with Crippen LogP contribution in [-0.2, 0) is 4.79 Å². The number of aromatic amines is 1. The number of nitrogens with one attached hydrogen (secondary N) is 2. The monoisotopic (exact) mass is 413 g/mol. The zero-order valence-electron chi connectivity index (χ0n) is 16.0. The molecule has 0 radical (unpaired) electrons. The second-order valence-corrected chi connectivity index (χ2v) is 7.55. The first kappa shape index (κ1) is 19.7. The molecular formula is C24H19N3O2S. The zero-order chi connectivity index (χ0) is 20.8. The van der Waals surface area contributed by atoms with E-state index in [1.807, 2.05) is 54.6 Å². The standard InChI is InChI=1S/C24H19N3O2S/c28-22(15-10-17-6-2-1-3-7-17)18-11-13-19(14-12-18)25-23(29)16-30-24-26-20-8-4-5-9-21(20)27-24/h1-15H,16H2,(H,25,29)(H,26,27)/b15-10+. The third-order valence-electron chi connectivity index (χ3n) is 4.39. The first-order valence-electron chi connectivity index (χ1n) is 9.42. The minimum Gasteiger partial charge on any atom is -0.333 e. The molecule has 2 N–H and O–H groups in total. The van der Waals surface area contributed by atoms with Crippen LogP contribution in [0, 0.1) is 0 Å². The van der Waals surface area contributed by atoms with E-state index in [0.717, 1.165) is 16.6 Å². The van der Waals surface area contributed by atoms with E-state index in [0.29, 0.717) is 16.4 Å². The van der Waals surface area contributed by atoms with Crippen LogP contribution in [0.15, 0.2) is 90.1 Å². The Kier molecular flexibility index (Phi) is 6.06. The van der Waals surface area contributed by atoms with Gasteiger partial charge in [0.05, 0.1) is 16.8 Å². The van der Waals surface area contributed by atoms with E-state index in [9.17, 15) is 9.59 Å². The molecule has 0 unspecified atom stereocenters. The third kappa shape index (κ3) is 5.04. The summed E-state index contributed by atoms with van der Waals surface area (Å²) >= 11 is 1.34. The van der Waals surface area contributed by atoms with Gasteiger partial charge in [0.25, 0.3) is 0 Å². The number of imidazole rings is 1. The normalized spacial score (nSPS) is 11.1. The highest BCUT2D eigenvalue weighted by Crippen LogP contribution is 2.19. The highest BCUT2D eigenvalue weighted by atomic mass is 32.2. The van der Waals surface area contributed by atoms with Crippen LogP contribution in [0.1, 0.15) is 15.9 Å². The number of anilines is 1. The van der Waals surface area contributed by atoms with Crippen molar-refractivity contribution in [3.8, 4) is 0 Å². The van der Waals surface area contributed by atoms with Crippen molar-refractivity contribution in [1.82, 2.24) is 9.97 Å². The number of H-pyrrole nitrogens is 1. The molecule has 6 heteroatoms. The quantitative estimate of drug-likeness (QED) is 0.248. The molecule has 5 nitrogen and oxygen atoms in total. The highest BCUT2D eigenvalue weighted by Gasteiger charge is 2.08. The van der Waals surface area contributed by atoms with E-state index >= 15 is 0 Å². The number of fused-ring (bicyclic) bond motifs is 1. The zero-order valence-corrected chi connectivity index (χ0v) is 16.9. The van der Waals surface area contributed by atoms with Crippen molar-refractivity contribution in [3.63, 3.8) is 0 Å². The number of nitrogens with zero attached hydrogens (tertiary/aromatic N) is 1. The lowest BCUT2D eigenvalue weighted by molar-refractivity contribution is -0.113. The van der Waals surface area contributed by atoms with Gasteiger partial charge in [-0.1, -0.05) is 60.3 Å². The predicted molar refractivity (Wildman–Crippen MR) is 122 cm³/mol. The van der Waals surface area contributed by atoms with Gasteiger partial charge in [-0.25, -0.2) is 4.98 Å². The number of hydrogen-bond donors (Lipinski definition) is 2. The molecule has 4 rings (SSSR count). The fourth-order valence-corrected chi connectivity index (χ4v) is 3.56. The number of ketones is 1. The van der Waals surface area contributed by atoms with Crippen LogP contribution in [0.5, 0.6) is 0 Å². The summed E-state index contributed by atoms with van der Waals surface area (Å²) in [7, 11) is 0. The van der Waals surface area contributed by atoms with E-state index in [1.165, 1.54) is 11.8 Å². The van der Waals surface area contributed by atoms with E-state index in [4.69, 9.17) is 0 Å². The first-order chi connectivity index (χ1) is 14.7. The predicted octanol–water partition coefficient (Wildman–Crippen LogP) is 5.19. The summed E-state index contributed by atoms with van der Waals surface area (Å²) in [5, 5.41) is 3.55. The topological polar surface area (TPSA) is 74.8 Å². The summed E-state index contributed by atoms with van der Waals surface area (Å²) in [6.07, 6.45) is 3.33. The number of carbonyl (C=O) groups is 2. The molecule has 0 saturated carbocycles. The van der Waals surface area contributed by atoms with E-state index < -0.39 is 0 Å². The summed E-state index contributed by atoms with van der Waals surface area (Å²) in [4.78, 5) is 32.2. The Balaban J connectivity index is 1.30. The maximum absolute atomic E-state index is 12.3. The van der Waals surface area contributed by atoms with Gasteiger partial charge in [-0.15, -0.1) is 0 Å². The van der Waals surface area contributed by atoms with E-state index in [2.05, 4.69) is 15.3 Å². The molecule has 4 aromatic rings. The number of carbonyl (C=O) groups excluding carboxylic acids is 2. The molecule has 1 amide bonds.